The van der Waals surface area contributed by atoms with Crippen LogP contribution in [0.2, 0.25) is 0 Å². The summed E-state index contributed by atoms with van der Waals surface area (Å²) in [6, 6.07) is 10.2. The quantitative estimate of drug-likeness (QED) is 0.818. The van der Waals surface area contributed by atoms with Crippen LogP contribution in [0, 0.1) is 11.6 Å². The summed E-state index contributed by atoms with van der Waals surface area (Å²) in [4.78, 5) is 10.8. The summed E-state index contributed by atoms with van der Waals surface area (Å²) in [5, 5.41) is 8.04. The molecule has 2 aromatic rings. The molecule has 0 radical (unpaired) electrons. The molecular formula is C20H21F2NO4S. The molecule has 5 nitrogen and oxygen atoms in total. The fourth-order valence-corrected chi connectivity index (χ4v) is 5.76. The molecule has 28 heavy (non-hydrogen) atoms. The van der Waals surface area contributed by atoms with Gasteiger partial charge in [0.05, 0.1) is 6.42 Å². The Bertz CT molecular complexity index is 979. The number of halogens is 2. The lowest BCUT2D eigenvalue weighted by atomic mass is 10.0. The van der Waals surface area contributed by atoms with Crippen molar-refractivity contribution in [1.82, 2.24) is 4.31 Å². The smallest absolute Gasteiger partial charge is 0.307 e. The Morgan fingerprint density at radius 2 is 1.71 bits per heavy atom. The van der Waals surface area contributed by atoms with Crippen LogP contribution < -0.4 is 0 Å². The van der Waals surface area contributed by atoms with E-state index in [4.69, 9.17) is 5.11 Å². The van der Waals surface area contributed by atoms with Crippen LogP contribution in [0.3, 0.4) is 0 Å². The first-order valence-corrected chi connectivity index (χ1v) is 10.4. The SMILES string of the molecule is C[C@H]1CC[C@H](c2ccccc2)S(=O)(=O)N1Cc1cc(F)c(CC(=O)O)cc1F. The molecule has 1 heterocycles. The van der Waals surface area contributed by atoms with Gasteiger partial charge in [0.15, 0.2) is 0 Å². The largest absolute Gasteiger partial charge is 0.481 e. The first-order chi connectivity index (χ1) is 13.2. The van der Waals surface area contributed by atoms with E-state index >= 15 is 0 Å². The Balaban J connectivity index is 1.92. The second-order valence-electron chi connectivity index (χ2n) is 7.02. The summed E-state index contributed by atoms with van der Waals surface area (Å²) < 4.78 is 56.2. The minimum atomic E-state index is -3.77. The second-order valence-corrected chi connectivity index (χ2v) is 9.09. The fourth-order valence-electron chi connectivity index (χ4n) is 3.57. The van der Waals surface area contributed by atoms with Gasteiger partial charge in [-0.25, -0.2) is 17.2 Å². The first-order valence-electron chi connectivity index (χ1n) is 8.94. The van der Waals surface area contributed by atoms with Gasteiger partial charge in [0.1, 0.15) is 16.9 Å². The molecule has 3 rings (SSSR count). The van der Waals surface area contributed by atoms with Crippen molar-refractivity contribution in [1.29, 1.82) is 0 Å². The van der Waals surface area contributed by atoms with E-state index in [1.807, 2.05) is 0 Å². The Labute approximate surface area is 162 Å². The van der Waals surface area contributed by atoms with Crippen LogP contribution in [0.25, 0.3) is 0 Å². The van der Waals surface area contributed by atoms with E-state index in [-0.39, 0.29) is 23.7 Å². The third-order valence-electron chi connectivity index (χ3n) is 5.08. The van der Waals surface area contributed by atoms with Gasteiger partial charge in [-0.05, 0) is 37.5 Å². The standard InChI is InChI=1S/C20H21F2NO4S/c1-13-7-8-19(14-5-3-2-4-6-14)28(26,27)23(13)12-16-10-17(21)15(9-18(16)22)11-20(24)25/h2-6,9-10,13,19H,7-8,11-12H2,1H3,(H,24,25)/t13-,19+/m0/s1. The van der Waals surface area contributed by atoms with Gasteiger partial charge in [-0.2, -0.15) is 4.31 Å². The molecular weight excluding hydrogens is 388 g/mol. The Morgan fingerprint density at radius 1 is 1.11 bits per heavy atom. The lowest BCUT2D eigenvalue weighted by Crippen LogP contribution is -2.44. The Hall–Kier alpha value is -2.32. The highest BCUT2D eigenvalue weighted by atomic mass is 32.2. The molecule has 0 aromatic heterocycles. The highest BCUT2D eigenvalue weighted by Gasteiger charge is 2.40. The predicted octanol–water partition coefficient (Wildman–Crippen LogP) is 3.65. The van der Waals surface area contributed by atoms with E-state index in [9.17, 15) is 22.0 Å². The molecule has 150 valence electrons. The highest BCUT2D eigenvalue weighted by molar-refractivity contribution is 7.89. The number of aliphatic carboxylic acids is 1. The van der Waals surface area contributed by atoms with Crippen molar-refractivity contribution in [3.05, 3.63) is 70.8 Å². The minimum Gasteiger partial charge on any atom is -0.481 e. The number of nitrogens with zero attached hydrogens (tertiary/aromatic N) is 1. The van der Waals surface area contributed by atoms with Gasteiger partial charge in [0, 0.05) is 23.7 Å². The van der Waals surface area contributed by atoms with Gasteiger partial charge in [-0.3, -0.25) is 4.79 Å². The molecule has 1 aliphatic heterocycles. The van der Waals surface area contributed by atoms with E-state index in [0.29, 0.717) is 18.4 Å². The third kappa shape index (κ3) is 4.07. The number of carbonyl (C=O) groups is 1. The monoisotopic (exact) mass is 409 g/mol. The van der Waals surface area contributed by atoms with E-state index < -0.39 is 39.3 Å². The molecule has 8 heteroatoms. The molecule has 0 bridgehead atoms. The summed E-state index contributed by atoms with van der Waals surface area (Å²) >= 11 is 0. The zero-order chi connectivity index (χ0) is 20.5. The average Bonchev–Trinajstić information content (AvgIpc) is 2.62. The van der Waals surface area contributed by atoms with E-state index in [1.165, 1.54) is 4.31 Å². The Kier molecular flexibility index (Phi) is 5.81. The maximum Gasteiger partial charge on any atom is 0.307 e. The number of carboxylic acid groups (broad SMARTS) is 1. The summed E-state index contributed by atoms with van der Waals surface area (Å²) in [7, 11) is -3.77. The number of sulfonamides is 1. The van der Waals surface area contributed by atoms with Crippen LogP contribution in [0.1, 0.15) is 41.7 Å². The summed E-state index contributed by atoms with van der Waals surface area (Å²) in [6.45, 7) is 1.44. The van der Waals surface area contributed by atoms with Crippen molar-refractivity contribution < 1.29 is 27.1 Å². The fraction of sp³-hybridized carbons (Fsp3) is 0.350. The van der Waals surface area contributed by atoms with Crippen LogP contribution >= 0.6 is 0 Å². The molecule has 0 saturated carbocycles. The van der Waals surface area contributed by atoms with Crippen molar-refractivity contribution in [3.63, 3.8) is 0 Å². The van der Waals surface area contributed by atoms with Crippen molar-refractivity contribution in [2.24, 2.45) is 0 Å². The van der Waals surface area contributed by atoms with Crippen LogP contribution in [-0.4, -0.2) is 29.8 Å². The number of carboxylic acids is 1. The van der Waals surface area contributed by atoms with Crippen molar-refractivity contribution in [2.45, 2.75) is 44.0 Å². The summed E-state index contributed by atoms with van der Waals surface area (Å²) in [5.41, 5.74) is 0.282. The van der Waals surface area contributed by atoms with Gasteiger partial charge in [0.25, 0.3) is 0 Å². The van der Waals surface area contributed by atoms with Gasteiger partial charge in [-0.1, -0.05) is 30.3 Å². The Morgan fingerprint density at radius 3 is 2.36 bits per heavy atom. The van der Waals surface area contributed by atoms with Gasteiger partial charge in [0.2, 0.25) is 10.0 Å². The molecule has 0 aliphatic carbocycles. The summed E-state index contributed by atoms with van der Waals surface area (Å²) in [5.74, 6) is -2.95. The average molecular weight is 409 g/mol. The molecule has 0 spiro atoms. The first kappa shape index (κ1) is 20.4. The molecule has 0 unspecified atom stereocenters. The lowest BCUT2D eigenvalue weighted by molar-refractivity contribution is -0.136. The maximum atomic E-state index is 14.5. The topological polar surface area (TPSA) is 74.7 Å². The van der Waals surface area contributed by atoms with Crippen LogP contribution in [0.15, 0.2) is 42.5 Å². The normalized spacial score (nSPS) is 22.1. The lowest BCUT2D eigenvalue weighted by Gasteiger charge is -2.37. The molecule has 0 amide bonds. The zero-order valence-corrected chi connectivity index (χ0v) is 16.1. The molecule has 1 aliphatic rings. The van der Waals surface area contributed by atoms with Crippen molar-refractivity contribution in [3.8, 4) is 0 Å². The van der Waals surface area contributed by atoms with E-state index in [0.717, 1.165) is 12.1 Å². The maximum absolute atomic E-state index is 14.5. The van der Waals surface area contributed by atoms with Crippen LogP contribution in [0.4, 0.5) is 8.78 Å². The molecule has 1 N–H and O–H groups in total. The second kappa shape index (κ2) is 7.97. The minimum absolute atomic E-state index is 0.115. The van der Waals surface area contributed by atoms with Gasteiger partial charge in [-0.15, -0.1) is 0 Å². The van der Waals surface area contributed by atoms with Crippen molar-refractivity contribution in [2.75, 3.05) is 0 Å². The van der Waals surface area contributed by atoms with Crippen LogP contribution in [0.5, 0.6) is 0 Å². The molecule has 1 saturated heterocycles. The molecule has 2 atom stereocenters. The van der Waals surface area contributed by atoms with Gasteiger partial charge < -0.3 is 5.11 Å². The highest BCUT2D eigenvalue weighted by Crippen LogP contribution is 2.38. The molecule has 2 aromatic carbocycles. The van der Waals surface area contributed by atoms with Crippen LogP contribution in [-0.2, 0) is 27.8 Å². The number of hydrogen-bond donors (Lipinski definition) is 1. The number of hydrogen-bond acceptors (Lipinski definition) is 3. The third-order valence-corrected chi connectivity index (χ3v) is 7.45. The number of benzene rings is 2. The molecule has 1 fully saturated rings. The van der Waals surface area contributed by atoms with Crippen molar-refractivity contribution >= 4 is 16.0 Å². The zero-order valence-electron chi connectivity index (χ0n) is 15.3. The van der Waals surface area contributed by atoms with Gasteiger partial charge >= 0.3 is 5.97 Å². The van der Waals surface area contributed by atoms with E-state index in [2.05, 4.69) is 0 Å². The predicted molar refractivity (Wildman–Crippen MR) is 100 cm³/mol. The van der Waals surface area contributed by atoms with E-state index in [1.54, 1.807) is 37.3 Å². The summed E-state index contributed by atoms with van der Waals surface area (Å²) in [6.07, 6.45) is 0.413. The number of rotatable bonds is 5.